The standard InChI is InChI=1S/C19H27NO4/c1-14(2)8-6-4-5-7-9-18(21)20-13-15-10-11-16(19(22)23)17(12-15)24-3/h6,8,10-12,14H,4-5,7,9,13H2,1-3H3,(H,20,21)(H,22,23)/b8-6+. The number of nitrogens with one attached hydrogen (secondary N) is 1. The lowest BCUT2D eigenvalue weighted by molar-refractivity contribution is -0.121. The maximum atomic E-state index is 11.8. The molecule has 0 spiro atoms. The molecule has 0 aliphatic rings. The van der Waals surface area contributed by atoms with E-state index in [9.17, 15) is 9.59 Å². The predicted molar refractivity (Wildman–Crippen MR) is 94.2 cm³/mol. The molecule has 5 nitrogen and oxygen atoms in total. The number of amides is 1. The normalized spacial score (nSPS) is 11.0. The van der Waals surface area contributed by atoms with Gasteiger partial charge >= 0.3 is 5.97 Å². The third kappa shape index (κ3) is 7.31. The van der Waals surface area contributed by atoms with Gasteiger partial charge in [0.15, 0.2) is 0 Å². The average Bonchev–Trinajstić information content (AvgIpc) is 2.55. The Morgan fingerprint density at radius 1 is 1.29 bits per heavy atom. The number of carboxylic acids is 1. The molecule has 0 heterocycles. The number of rotatable bonds is 10. The topological polar surface area (TPSA) is 75.6 Å². The number of aromatic carboxylic acids is 1. The number of carbonyl (C=O) groups is 2. The number of allylic oxidation sites excluding steroid dienone is 2. The zero-order chi connectivity index (χ0) is 17.9. The van der Waals surface area contributed by atoms with Crippen molar-refractivity contribution in [2.24, 2.45) is 5.92 Å². The fourth-order valence-electron chi connectivity index (χ4n) is 2.23. The van der Waals surface area contributed by atoms with Gasteiger partial charge in [0.05, 0.1) is 7.11 Å². The number of methoxy groups -OCH3 is 1. The molecule has 0 bridgehead atoms. The van der Waals surface area contributed by atoms with Crippen molar-refractivity contribution in [3.05, 3.63) is 41.5 Å². The van der Waals surface area contributed by atoms with Crippen molar-refractivity contribution < 1.29 is 19.4 Å². The molecule has 0 aliphatic carbocycles. The van der Waals surface area contributed by atoms with E-state index in [2.05, 4.69) is 31.3 Å². The summed E-state index contributed by atoms with van der Waals surface area (Å²) in [5, 5.41) is 11.9. The first-order valence-electron chi connectivity index (χ1n) is 8.27. The molecule has 1 amide bonds. The van der Waals surface area contributed by atoms with Gasteiger partial charge in [-0.1, -0.05) is 32.1 Å². The minimum Gasteiger partial charge on any atom is -0.496 e. The van der Waals surface area contributed by atoms with Crippen LogP contribution in [-0.2, 0) is 11.3 Å². The Morgan fingerprint density at radius 2 is 2.04 bits per heavy atom. The largest absolute Gasteiger partial charge is 0.496 e. The van der Waals surface area contributed by atoms with Gasteiger partial charge < -0.3 is 15.2 Å². The number of hydrogen-bond acceptors (Lipinski definition) is 3. The van der Waals surface area contributed by atoms with Crippen LogP contribution in [0.15, 0.2) is 30.4 Å². The lowest BCUT2D eigenvalue weighted by Crippen LogP contribution is -2.22. The van der Waals surface area contributed by atoms with Crippen molar-refractivity contribution in [2.75, 3.05) is 7.11 Å². The Labute approximate surface area is 143 Å². The number of benzene rings is 1. The van der Waals surface area contributed by atoms with Gasteiger partial charge in [-0.25, -0.2) is 4.79 Å². The zero-order valence-electron chi connectivity index (χ0n) is 14.7. The first-order valence-corrected chi connectivity index (χ1v) is 8.27. The second-order valence-electron chi connectivity index (χ2n) is 6.03. The van der Waals surface area contributed by atoms with Crippen LogP contribution in [0.25, 0.3) is 0 Å². The third-order valence-electron chi connectivity index (χ3n) is 3.53. The van der Waals surface area contributed by atoms with E-state index in [1.807, 2.05) is 0 Å². The van der Waals surface area contributed by atoms with E-state index >= 15 is 0 Å². The highest BCUT2D eigenvalue weighted by Gasteiger charge is 2.11. The van der Waals surface area contributed by atoms with Gasteiger partial charge in [0.2, 0.25) is 5.91 Å². The lowest BCUT2D eigenvalue weighted by Gasteiger charge is -2.09. The summed E-state index contributed by atoms with van der Waals surface area (Å²) < 4.78 is 5.07. The van der Waals surface area contributed by atoms with Crippen LogP contribution in [0.1, 0.15) is 55.5 Å². The molecule has 0 unspecified atom stereocenters. The molecule has 0 aromatic heterocycles. The molecule has 0 atom stereocenters. The van der Waals surface area contributed by atoms with E-state index in [-0.39, 0.29) is 11.5 Å². The van der Waals surface area contributed by atoms with E-state index in [1.54, 1.807) is 12.1 Å². The SMILES string of the molecule is COc1cc(CNC(=O)CCCC/C=C/C(C)C)ccc1C(=O)O. The van der Waals surface area contributed by atoms with Crippen molar-refractivity contribution >= 4 is 11.9 Å². The fraction of sp³-hybridized carbons (Fsp3) is 0.474. The highest BCUT2D eigenvalue weighted by molar-refractivity contribution is 5.91. The Bertz CT molecular complexity index is 579. The van der Waals surface area contributed by atoms with Crippen LogP contribution in [0.4, 0.5) is 0 Å². The number of carbonyl (C=O) groups excluding carboxylic acids is 1. The van der Waals surface area contributed by atoms with E-state index in [0.29, 0.717) is 24.6 Å². The Balaban J connectivity index is 2.35. The van der Waals surface area contributed by atoms with E-state index in [4.69, 9.17) is 9.84 Å². The van der Waals surface area contributed by atoms with Crippen molar-refractivity contribution in [2.45, 2.75) is 46.1 Å². The molecular weight excluding hydrogens is 306 g/mol. The Morgan fingerprint density at radius 3 is 2.67 bits per heavy atom. The number of unbranched alkanes of at least 4 members (excludes halogenated alkanes) is 2. The molecule has 132 valence electrons. The fourth-order valence-corrected chi connectivity index (χ4v) is 2.23. The van der Waals surface area contributed by atoms with E-state index in [0.717, 1.165) is 24.8 Å². The molecule has 0 saturated carbocycles. The molecule has 2 N–H and O–H groups in total. The summed E-state index contributed by atoms with van der Waals surface area (Å²) >= 11 is 0. The van der Waals surface area contributed by atoms with Gasteiger partial charge in [-0.3, -0.25) is 4.79 Å². The van der Waals surface area contributed by atoms with Gasteiger partial charge in [-0.15, -0.1) is 0 Å². The van der Waals surface area contributed by atoms with Crippen LogP contribution < -0.4 is 10.1 Å². The summed E-state index contributed by atoms with van der Waals surface area (Å²) in [4.78, 5) is 22.9. The lowest BCUT2D eigenvalue weighted by atomic mass is 10.1. The minimum absolute atomic E-state index is 0.00381. The number of carboxylic acid groups (broad SMARTS) is 1. The summed E-state index contributed by atoms with van der Waals surface area (Å²) in [6.45, 7) is 4.65. The molecule has 0 saturated heterocycles. The average molecular weight is 333 g/mol. The van der Waals surface area contributed by atoms with Crippen molar-refractivity contribution in [1.29, 1.82) is 0 Å². The highest BCUT2D eigenvalue weighted by Crippen LogP contribution is 2.20. The second-order valence-corrected chi connectivity index (χ2v) is 6.03. The van der Waals surface area contributed by atoms with Crippen LogP contribution in [0.2, 0.25) is 0 Å². The van der Waals surface area contributed by atoms with Crippen molar-refractivity contribution in [3.8, 4) is 5.75 Å². The van der Waals surface area contributed by atoms with Crippen molar-refractivity contribution in [1.82, 2.24) is 5.32 Å². The summed E-state index contributed by atoms with van der Waals surface area (Å²) in [5.74, 6) is -0.165. The summed E-state index contributed by atoms with van der Waals surface area (Å²) in [7, 11) is 1.43. The molecule has 0 aliphatic heterocycles. The quantitative estimate of drug-likeness (QED) is 0.505. The van der Waals surface area contributed by atoms with Crippen LogP contribution in [0.3, 0.4) is 0 Å². The molecule has 1 aromatic rings. The highest BCUT2D eigenvalue weighted by atomic mass is 16.5. The molecule has 24 heavy (non-hydrogen) atoms. The summed E-state index contributed by atoms with van der Waals surface area (Å²) in [5.41, 5.74) is 0.923. The molecule has 1 rings (SSSR count). The molecule has 1 aromatic carbocycles. The first-order chi connectivity index (χ1) is 11.4. The first kappa shape index (κ1) is 19.7. The molecule has 0 fully saturated rings. The van der Waals surface area contributed by atoms with Gasteiger partial charge in [0.1, 0.15) is 11.3 Å². The van der Waals surface area contributed by atoms with E-state index in [1.165, 1.54) is 13.2 Å². The molecule has 0 radical (unpaired) electrons. The minimum atomic E-state index is -1.03. The second kappa shape index (κ2) is 10.5. The molecule has 5 heteroatoms. The predicted octanol–water partition coefficient (Wildman–Crippen LogP) is 3.78. The number of hydrogen-bond donors (Lipinski definition) is 2. The molecular formula is C19H27NO4. The Hall–Kier alpha value is -2.30. The summed E-state index contributed by atoms with van der Waals surface area (Å²) in [6.07, 6.45) is 7.69. The van der Waals surface area contributed by atoms with Gasteiger partial charge in [-0.05, 0) is 42.9 Å². The summed E-state index contributed by atoms with van der Waals surface area (Å²) in [6, 6.07) is 4.81. The van der Waals surface area contributed by atoms with Gasteiger partial charge in [0, 0.05) is 13.0 Å². The van der Waals surface area contributed by atoms with Crippen LogP contribution in [-0.4, -0.2) is 24.1 Å². The zero-order valence-corrected chi connectivity index (χ0v) is 14.7. The smallest absolute Gasteiger partial charge is 0.339 e. The van der Waals surface area contributed by atoms with Crippen molar-refractivity contribution in [3.63, 3.8) is 0 Å². The Kier molecular flexibility index (Phi) is 8.61. The monoisotopic (exact) mass is 333 g/mol. The third-order valence-corrected chi connectivity index (χ3v) is 3.53. The van der Waals surface area contributed by atoms with E-state index < -0.39 is 5.97 Å². The maximum absolute atomic E-state index is 11.8. The van der Waals surface area contributed by atoms with Crippen LogP contribution in [0, 0.1) is 5.92 Å². The van der Waals surface area contributed by atoms with Crippen LogP contribution >= 0.6 is 0 Å². The van der Waals surface area contributed by atoms with Gasteiger partial charge in [0.25, 0.3) is 0 Å². The van der Waals surface area contributed by atoms with Gasteiger partial charge in [-0.2, -0.15) is 0 Å². The number of ether oxygens (including phenoxy) is 1. The van der Waals surface area contributed by atoms with Crippen LogP contribution in [0.5, 0.6) is 5.75 Å². The maximum Gasteiger partial charge on any atom is 0.339 e.